The Balaban J connectivity index is 2.25. The number of thiocarbonyl (C=S) groups is 1. The molecule has 0 unspecified atom stereocenters. The van der Waals surface area contributed by atoms with Crippen LogP contribution in [-0.4, -0.2) is 15.9 Å². The third-order valence-corrected chi connectivity index (χ3v) is 3.07. The summed E-state index contributed by atoms with van der Waals surface area (Å²) < 4.78 is 13.4. The smallest absolute Gasteiger partial charge is 0.258 e. The fourth-order valence-electron chi connectivity index (χ4n) is 1.52. The standard InChI is InChI=1S/C13H9ClFN3OS/c14-9-5-7(12(16)20)1-2-11(9)18-13(19)8-3-4-17-6-10(8)15/h1-6H,(H2,16,20)(H,18,19). The minimum Gasteiger partial charge on any atom is -0.389 e. The van der Waals surface area contributed by atoms with Crippen LogP contribution in [0.15, 0.2) is 36.7 Å². The first-order chi connectivity index (χ1) is 9.49. The number of hydrogen-bond donors (Lipinski definition) is 2. The molecule has 4 nitrogen and oxygen atoms in total. The van der Waals surface area contributed by atoms with E-state index >= 15 is 0 Å². The molecule has 3 N–H and O–H groups in total. The average Bonchev–Trinajstić information content (AvgIpc) is 2.41. The Morgan fingerprint density at radius 2 is 2.15 bits per heavy atom. The number of carbonyl (C=O) groups excluding carboxylic acids is 1. The number of nitrogens with one attached hydrogen (secondary N) is 1. The molecule has 0 atom stereocenters. The van der Waals surface area contributed by atoms with Crippen LogP contribution in [0.1, 0.15) is 15.9 Å². The lowest BCUT2D eigenvalue weighted by Crippen LogP contribution is -2.15. The van der Waals surface area contributed by atoms with Crippen molar-refractivity contribution >= 4 is 40.4 Å². The number of nitrogens with zero attached hydrogens (tertiary/aromatic N) is 1. The summed E-state index contributed by atoms with van der Waals surface area (Å²) in [4.78, 5) is 15.7. The molecule has 0 fully saturated rings. The van der Waals surface area contributed by atoms with Crippen molar-refractivity contribution in [1.82, 2.24) is 4.98 Å². The van der Waals surface area contributed by atoms with Crippen LogP contribution < -0.4 is 11.1 Å². The molecule has 0 aliphatic carbocycles. The van der Waals surface area contributed by atoms with Gasteiger partial charge in [0.15, 0.2) is 5.82 Å². The van der Waals surface area contributed by atoms with Crippen molar-refractivity contribution in [3.05, 3.63) is 58.6 Å². The highest BCUT2D eigenvalue weighted by molar-refractivity contribution is 7.80. The summed E-state index contributed by atoms with van der Waals surface area (Å²) in [5, 5.41) is 2.77. The van der Waals surface area contributed by atoms with Gasteiger partial charge in [-0.2, -0.15) is 0 Å². The molecule has 0 saturated carbocycles. The molecule has 1 aromatic heterocycles. The predicted molar refractivity (Wildman–Crippen MR) is 79.5 cm³/mol. The SMILES string of the molecule is NC(=S)c1ccc(NC(=O)c2ccncc2F)c(Cl)c1. The summed E-state index contributed by atoms with van der Waals surface area (Å²) in [5.74, 6) is -1.32. The maximum absolute atomic E-state index is 13.4. The summed E-state index contributed by atoms with van der Waals surface area (Å²) in [5.41, 5.74) is 6.28. The summed E-state index contributed by atoms with van der Waals surface area (Å²) in [6, 6.07) is 5.98. The topological polar surface area (TPSA) is 68.0 Å². The molecule has 0 radical (unpaired) electrons. The summed E-state index contributed by atoms with van der Waals surface area (Å²) in [6.45, 7) is 0. The molecular weight excluding hydrogens is 301 g/mol. The van der Waals surface area contributed by atoms with Gasteiger partial charge in [0.05, 0.1) is 22.5 Å². The first-order valence-electron chi connectivity index (χ1n) is 5.49. The highest BCUT2D eigenvalue weighted by Crippen LogP contribution is 2.24. The van der Waals surface area contributed by atoms with Gasteiger partial charge in [-0.3, -0.25) is 9.78 Å². The molecule has 0 aliphatic rings. The van der Waals surface area contributed by atoms with Crippen molar-refractivity contribution in [3.8, 4) is 0 Å². The first kappa shape index (κ1) is 14.4. The van der Waals surface area contributed by atoms with Gasteiger partial charge in [-0.1, -0.05) is 23.8 Å². The minimum atomic E-state index is -0.708. The lowest BCUT2D eigenvalue weighted by atomic mass is 10.2. The number of pyridine rings is 1. The second-order valence-corrected chi connectivity index (χ2v) is 4.72. The third-order valence-electron chi connectivity index (χ3n) is 2.52. The number of halogens is 2. The van der Waals surface area contributed by atoms with Crippen LogP contribution in [-0.2, 0) is 0 Å². The van der Waals surface area contributed by atoms with Gasteiger partial charge in [0.2, 0.25) is 0 Å². The van der Waals surface area contributed by atoms with Gasteiger partial charge in [-0.05, 0) is 24.3 Å². The van der Waals surface area contributed by atoms with Crippen molar-refractivity contribution in [3.63, 3.8) is 0 Å². The van der Waals surface area contributed by atoms with E-state index in [1.165, 1.54) is 18.3 Å². The second kappa shape index (κ2) is 5.94. The molecule has 0 saturated heterocycles. The monoisotopic (exact) mass is 309 g/mol. The molecule has 102 valence electrons. The van der Waals surface area contributed by atoms with E-state index in [0.29, 0.717) is 11.3 Å². The Bertz CT molecular complexity index is 693. The van der Waals surface area contributed by atoms with Gasteiger partial charge in [0.25, 0.3) is 5.91 Å². The van der Waals surface area contributed by atoms with Gasteiger partial charge in [-0.25, -0.2) is 4.39 Å². The van der Waals surface area contributed by atoms with Crippen LogP contribution in [0.4, 0.5) is 10.1 Å². The quantitative estimate of drug-likeness (QED) is 0.856. The van der Waals surface area contributed by atoms with Crippen LogP contribution in [0.5, 0.6) is 0 Å². The van der Waals surface area contributed by atoms with E-state index in [2.05, 4.69) is 10.3 Å². The van der Waals surface area contributed by atoms with Crippen LogP contribution in [0.25, 0.3) is 0 Å². The Morgan fingerprint density at radius 1 is 1.40 bits per heavy atom. The number of aromatic nitrogens is 1. The van der Waals surface area contributed by atoms with Gasteiger partial charge >= 0.3 is 0 Å². The highest BCUT2D eigenvalue weighted by Gasteiger charge is 2.13. The highest BCUT2D eigenvalue weighted by atomic mass is 35.5. The number of amides is 1. The van der Waals surface area contributed by atoms with E-state index in [4.69, 9.17) is 29.6 Å². The van der Waals surface area contributed by atoms with E-state index in [9.17, 15) is 9.18 Å². The Labute approximate surface area is 124 Å². The van der Waals surface area contributed by atoms with E-state index < -0.39 is 11.7 Å². The fraction of sp³-hybridized carbons (Fsp3) is 0. The summed E-state index contributed by atoms with van der Waals surface area (Å²) >= 11 is 10.8. The van der Waals surface area contributed by atoms with Crippen LogP contribution in [0.2, 0.25) is 5.02 Å². The molecular formula is C13H9ClFN3OS. The van der Waals surface area contributed by atoms with Gasteiger partial charge < -0.3 is 11.1 Å². The molecule has 2 aromatic rings. The van der Waals surface area contributed by atoms with Gasteiger partial charge in [-0.15, -0.1) is 0 Å². The largest absolute Gasteiger partial charge is 0.389 e. The van der Waals surface area contributed by atoms with Crippen molar-refractivity contribution < 1.29 is 9.18 Å². The van der Waals surface area contributed by atoms with Crippen molar-refractivity contribution in [2.45, 2.75) is 0 Å². The minimum absolute atomic E-state index is 0.116. The average molecular weight is 310 g/mol. The molecule has 0 spiro atoms. The van der Waals surface area contributed by atoms with Crippen molar-refractivity contribution in [2.75, 3.05) is 5.32 Å². The number of carbonyl (C=O) groups is 1. The number of hydrogen-bond acceptors (Lipinski definition) is 3. The lowest BCUT2D eigenvalue weighted by molar-refractivity contribution is 0.102. The van der Waals surface area contributed by atoms with Crippen LogP contribution in [0, 0.1) is 5.82 Å². The third kappa shape index (κ3) is 3.09. The van der Waals surface area contributed by atoms with E-state index in [1.54, 1.807) is 12.1 Å². The summed E-state index contributed by atoms with van der Waals surface area (Å²) in [7, 11) is 0. The number of anilines is 1. The van der Waals surface area contributed by atoms with Crippen LogP contribution >= 0.6 is 23.8 Å². The first-order valence-corrected chi connectivity index (χ1v) is 6.28. The Hall–Kier alpha value is -2.05. The zero-order valence-electron chi connectivity index (χ0n) is 10.1. The van der Waals surface area contributed by atoms with Crippen LogP contribution in [0.3, 0.4) is 0 Å². The molecule has 1 amide bonds. The normalized spacial score (nSPS) is 10.1. The van der Waals surface area contributed by atoms with E-state index in [1.807, 2.05) is 0 Å². The van der Waals surface area contributed by atoms with Gasteiger partial charge in [0, 0.05) is 11.8 Å². The predicted octanol–water partition coefficient (Wildman–Crippen LogP) is 2.76. The molecule has 20 heavy (non-hydrogen) atoms. The van der Waals surface area contributed by atoms with E-state index in [-0.39, 0.29) is 15.6 Å². The Morgan fingerprint density at radius 3 is 2.75 bits per heavy atom. The molecule has 0 aliphatic heterocycles. The molecule has 1 heterocycles. The number of rotatable bonds is 3. The fourth-order valence-corrected chi connectivity index (χ4v) is 1.87. The maximum atomic E-state index is 13.4. The van der Waals surface area contributed by atoms with Crippen molar-refractivity contribution in [1.29, 1.82) is 0 Å². The Kier molecular flexibility index (Phi) is 4.26. The lowest BCUT2D eigenvalue weighted by Gasteiger charge is -2.09. The molecule has 2 rings (SSSR count). The zero-order chi connectivity index (χ0) is 14.7. The van der Waals surface area contributed by atoms with Gasteiger partial charge in [0.1, 0.15) is 4.99 Å². The van der Waals surface area contributed by atoms with E-state index in [0.717, 1.165) is 6.20 Å². The maximum Gasteiger partial charge on any atom is 0.258 e. The summed E-state index contributed by atoms with van der Waals surface area (Å²) in [6.07, 6.45) is 2.29. The molecule has 0 bridgehead atoms. The zero-order valence-corrected chi connectivity index (χ0v) is 11.6. The number of benzene rings is 1. The molecule has 7 heteroatoms. The number of nitrogens with two attached hydrogens (primary N) is 1. The molecule has 1 aromatic carbocycles. The van der Waals surface area contributed by atoms with Crippen molar-refractivity contribution in [2.24, 2.45) is 5.73 Å². The second-order valence-electron chi connectivity index (χ2n) is 3.87.